The van der Waals surface area contributed by atoms with Gasteiger partial charge in [-0.3, -0.25) is 5.11 Å². The van der Waals surface area contributed by atoms with Crippen molar-refractivity contribution in [2.75, 3.05) is 0 Å². The van der Waals surface area contributed by atoms with E-state index < -0.39 is 0 Å². The summed E-state index contributed by atoms with van der Waals surface area (Å²) in [6.07, 6.45) is 1.70. The molecule has 0 saturated heterocycles. The molecule has 0 aromatic heterocycles. The van der Waals surface area contributed by atoms with E-state index in [0.29, 0.717) is 0 Å². The van der Waals surface area contributed by atoms with E-state index in [1.807, 2.05) is 18.2 Å². The van der Waals surface area contributed by atoms with Crippen LogP contribution < -0.4 is 0 Å². The van der Waals surface area contributed by atoms with Crippen molar-refractivity contribution in [3.8, 4) is 5.75 Å². The van der Waals surface area contributed by atoms with E-state index >= 15 is 0 Å². The molecule has 17 heavy (non-hydrogen) atoms. The van der Waals surface area contributed by atoms with Crippen LogP contribution in [0.15, 0.2) is 18.2 Å². The van der Waals surface area contributed by atoms with Gasteiger partial charge in [0, 0.05) is 11.1 Å². The van der Waals surface area contributed by atoms with Crippen molar-refractivity contribution in [2.45, 2.75) is 54.4 Å². The molecule has 95 valence electrons. The molecule has 0 heterocycles. The first-order valence-corrected chi connectivity index (χ1v) is 6.36. The molecule has 1 rings (SSSR count). The Bertz CT molecular complexity index is 343. The van der Waals surface area contributed by atoms with Crippen molar-refractivity contribution >= 4 is 0 Å². The molecule has 1 radical (unpaired) electrons. The maximum atomic E-state index is 12.3. The van der Waals surface area contributed by atoms with Gasteiger partial charge < -0.3 is 0 Å². The topological polar surface area (TPSA) is 19.9 Å². The van der Waals surface area contributed by atoms with Crippen LogP contribution in [-0.2, 0) is 17.9 Å². The highest BCUT2D eigenvalue weighted by Gasteiger charge is 2.19. The summed E-state index contributed by atoms with van der Waals surface area (Å²) in [5.41, 5.74) is 2.25. The fraction of sp³-hybridized carbons (Fsp3) is 0.625. The standard InChI is InChI=1S/C16H25O/c1-15(2,3)10-12-8-7-9-13(14(12)17)11-16(4,5)6/h7-9H,10-11H2,1-6H3. The summed E-state index contributed by atoms with van der Waals surface area (Å²) in [4.78, 5) is 0. The highest BCUT2D eigenvalue weighted by molar-refractivity contribution is 5.41. The fourth-order valence-corrected chi connectivity index (χ4v) is 2.06. The van der Waals surface area contributed by atoms with Gasteiger partial charge in [0.05, 0.1) is 0 Å². The quantitative estimate of drug-likeness (QED) is 0.684. The minimum Gasteiger partial charge on any atom is -0.289 e. The van der Waals surface area contributed by atoms with Gasteiger partial charge in [0.1, 0.15) is 0 Å². The number of hydrogen-bond acceptors (Lipinski definition) is 0. The Balaban J connectivity index is 3.00. The monoisotopic (exact) mass is 233 g/mol. The molecular weight excluding hydrogens is 208 g/mol. The molecule has 0 N–H and O–H groups in total. The van der Waals surface area contributed by atoms with E-state index in [4.69, 9.17) is 0 Å². The second kappa shape index (κ2) is 4.72. The number of benzene rings is 1. The Kier molecular flexibility index (Phi) is 3.91. The van der Waals surface area contributed by atoms with Crippen molar-refractivity contribution in [1.82, 2.24) is 0 Å². The second-order valence-electron chi connectivity index (χ2n) is 7.38. The summed E-state index contributed by atoms with van der Waals surface area (Å²) >= 11 is 0. The van der Waals surface area contributed by atoms with Gasteiger partial charge in [0.25, 0.3) is 0 Å². The Hall–Kier alpha value is -0.980. The van der Waals surface area contributed by atoms with Gasteiger partial charge in [-0.1, -0.05) is 59.7 Å². The smallest absolute Gasteiger partial charge is 0.185 e. The lowest BCUT2D eigenvalue weighted by atomic mass is 9.84. The highest BCUT2D eigenvalue weighted by atomic mass is 16.3. The first kappa shape index (κ1) is 14.1. The molecule has 0 aliphatic rings. The van der Waals surface area contributed by atoms with Crippen LogP contribution in [0.1, 0.15) is 52.7 Å². The molecular formula is C16H25O. The van der Waals surface area contributed by atoms with Crippen LogP contribution in [0.2, 0.25) is 0 Å². The molecule has 0 atom stereocenters. The van der Waals surface area contributed by atoms with Crippen LogP contribution in [0.4, 0.5) is 0 Å². The molecule has 0 bridgehead atoms. The van der Waals surface area contributed by atoms with E-state index in [2.05, 4.69) is 41.5 Å². The third-order valence-electron chi connectivity index (χ3n) is 2.62. The van der Waals surface area contributed by atoms with Crippen molar-refractivity contribution in [1.29, 1.82) is 0 Å². The van der Waals surface area contributed by atoms with Crippen LogP contribution >= 0.6 is 0 Å². The van der Waals surface area contributed by atoms with Gasteiger partial charge in [-0.05, 0) is 23.7 Å². The summed E-state index contributed by atoms with van der Waals surface area (Å²) < 4.78 is 0. The molecule has 0 saturated carbocycles. The third kappa shape index (κ3) is 4.80. The summed E-state index contributed by atoms with van der Waals surface area (Å²) in [6.45, 7) is 13.0. The first-order valence-electron chi connectivity index (χ1n) is 6.36. The third-order valence-corrected chi connectivity index (χ3v) is 2.62. The van der Waals surface area contributed by atoms with E-state index in [1.165, 1.54) is 0 Å². The molecule has 1 heteroatoms. The van der Waals surface area contributed by atoms with E-state index in [1.54, 1.807) is 0 Å². The van der Waals surface area contributed by atoms with Crippen molar-refractivity contribution in [2.24, 2.45) is 10.8 Å². The zero-order valence-corrected chi connectivity index (χ0v) is 12.1. The van der Waals surface area contributed by atoms with Crippen LogP contribution in [0, 0.1) is 10.8 Å². The minimum atomic E-state index is 0.166. The van der Waals surface area contributed by atoms with E-state index in [0.717, 1.165) is 24.0 Å². The van der Waals surface area contributed by atoms with Gasteiger partial charge in [-0.25, -0.2) is 0 Å². The van der Waals surface area contributed by atoms with Crippen molar-refractivity contribution < 1.29 is 5.11 Å². The lowest BCUT2D eigenvalue weighted by molar-refractivity contribution is 0.322. The Labute approximate surface area is 106 Å². The maximum absolute atomic E-state index is 12.3. The van der Waals surface area contributed by atoms with Crippen LogP contribution in [0.25, 0.3) is 0 Å². The van der Waals surface area contributed by atoms with Crippen molar-refractivity contribution in [3.05, 3.63) is 29.3 Å². The lowest BCUT2D eigenvalue weighted by Gasteiger charge is -2.21. The Morgan fingerprint density at radius 1 is 0.824 bits per heavy atom. The van der Waals surface area contributed by atoms with Gasteiger partial charge in [0.15, 0.2) is 5.75 Å². The maximum Gasteiger partial charge on any atom is 0.185 e. The zero-order chi connectivity index (χ0) is 13.3. The predicted molar refractivity (Wildman–Crippen MR) is 72.9 cm³/mol. The normalized spacial score (nSPS) is 12.8. The first-order chi connectivity index (χ1) is 7.58. The van der Waals surface area contributed by atoms with Crippen LogP contribution in [0.3, 0.4) is 0 Å². The predicted octanol–water partition coefficient (Wildman–Crippen LogP) is 5.01. The van der Waals surface area contributed by atoms with Gasteiger partial charge >= 0.3 is 0 Å². The fourth-order valence-electron chi connectivity index (χ4n) is 2.06. The summed E-state index contributed by atoms with van der Waals surface area (Å²) in [7, 11) is 0. The van der Waals surface area contributed by atoms with Gasteiger partial charge in [-0.15, -0.1) is 0 Å². The van der Waals surface area contributed by atoms with Crippen molar-refractivity contribution in [3.63, 3.8) is 0 Å². The zero-order valence-electron chi connectivity index (χ0n) is 12.1. The van der Waals surface area contributed by atoms with Crippen LogP contribution in [-0.4, -0.2) is 0 Å². The molecule has 0 aliphatic heterocycles. The molecule has 0 unspecified atom stereocenters. The van der Waals surface area contributed by atoms with E-state index in [9.17, 15) is 5.11 Å². The summed E-state index contributed by atoms with van der Waals surface area (Å²) in [5, 5.41) is 12.3. The molecule has 1 aromatic rings. The summed E-state index contributed by atoms with van der Waals surface area (Å²) in [6, 6.07) is 5.96. The van der Waals surface area contributed by atoms with Gasteiger partial charge in [0.2, 0.25) is 0 Å². The molecule has 1 nitrogen and oxygen atoms in total. The SMILES string of the molecule is CC(C)(C)Cc1cccc(CC(C)(C)C)c1[O]. The number of rotatable bonds is 2. The molecule has 0 aliphatic carbocycles. The Morgan fingerprint density at radius 3 is 1.47 bits per heavy atom. The average Bonchev–Trinajstić information content (AvgIpc) is 2.07. The molecule has 1 aromatic carbocycles. The molecule has 0 spiro atoms. The Morgan fingerprint density at radius 2 is 1.18 bits per heavy atom. The summed E-state index contributed by atoms with van der Waals surface area (Å²) in [5.74, 6) is 0.248. The second-order valence-corrected chi connectivity index (χ2v) is 7.38. The molecule has 0 fully saturated rings. The minimum absolute atomic E-state index is 0.166. The lowest BCUT2D eigenvalue weighted by Crippen LogP contribution is -2.12. The highest BCUT2D eigenvalue weighted by Crippen LogP contribution is 2.33. The van der Waals surface area contributed by atoms with Gasteiger partial charge in [-0.2, -0.15) is 0 Å². The largest absolute Gasteiger partial charge is 0.289 e. The average molecular weight is 233 g/mol. The van der Waals surface area contributed by atoms with Crippen LogP contribution in [0.5, 0.6) is 5.75 Å². The van der Waals surface area contributed by atoms with E-state index in [-0.39, 0.29) is 16.6 Å². The number of para-hydroxylation sites is 1. The number of hydrogen-bond donors (Lipinski definition) is 0. The molecule has 0 amide bonds.